The Balaban J connectivity index is 1.35. The number of carbonyl (C=O) groups excluding carboxylic acids is 2. The molecule has 0 fully saturated rings. The van der Waals surface area contributed by atoms with Gasteiger partial charge in [-0.3, -0.25) is 4.79 Å². The molecule has 0 saturated carbocycles. The van der Waals surface area contributed by atoms with Crippen molar-refractivity contribution < 1.29 is 23.5 Å². The van der Waals surface area contributed by atoms with Crippen LogP contribution in [0.1, 0.15) is 41.3 Å². The molecule has 0 aliphatic rings. The molecule has 0 saturated heterocycles. The highest BCUT2D eigenvalue weighted by Crippen LogP contribution is 2.22. The molecule has 4 aromatic rings. The zero-order chi connectivity index (χ0) is 25.5. The molecule has 1 aromatic heterocycles. The van der Waals surface area contributed by atoms with E-state index in [1.165, 1.54) is 17.7 Å². The summed E-state index contributed by atoms with van der Waals surface area (Å²) in [6, 6.07) is 23.3. The van der Waals surface area contributed by atoms with Crippen LogP contribution in [0.4, 0.5) is 0 Å². The fourth-order valence-electron chi connectivity index (χ4n) is 3.63. The Hall–Kier alpha value is -4.39. The van der Waals surface area contributed by atoms with Crippen LogP contribution >= 0.6 is 0 Å². The minimum absolute atomic E-state index is 0.0859. The van der Waals surface area contributed by atoms with Gasteiger partial charge in [-0.05, 0) is 53.8 Å². The molecule has 0 atom stereocenters. The summed E-state index contributed by atoms with van der Waals surface area (Å²) in [5.74, 6) is 0.0710. The van der Waals surface area contributed by atoms with Gasteiger partial charge in [0.2, 0.25) is 0 Å². The molecule has 0 bridgehead atoms. The van der Waals surface area contributed by atoms with Gasteiger partial charge in [0.05, 0.1) is 0 Å². The number of hydrogen-bond acceptors (Lipinski definition) is 6. The molecular weight excluding hydrogens is 458 g/mol. The second kappa shape index (κ2) is 11.4. The van der Waals surface area contributed by atoms with Crippen LogP contribution in [0.5, 0.6) is 11.5 Å². The maximum absolute atomic E-state index is 12.5. The molecule has 4 rings (SSSR count). The monoisotopic (exact) mass is 485 g/mol. The number of rotatable bonds is 9. The standard InChI is InChI=1S/C29H27NO6/c1-19(2)21-8-11-23(12-9-21)34-18-27(31)35-24-13-10-22-16-25(29(33)36-26(22)17-24)28(32)30-15-14-20-6-4-3-5-7-20/h3-13,16-17,19H,14-15,18H2,1-2H3,(H,30,32). The lowest BCUT2D eigenvalue weighted by Crippen LogP contribution is -2.29. The van der Waals surface area contributed by atoms with E-state index in [0.29, 0.717) is 30.0 Å². The minimum atomic E-state index is -0.767. The van der Waals surface area contributed by atoms with Crippen LogP contribution in [0, 0.1) is 0 Å². The number of ether oxygens (including phenoxy) is 2. The summed E-state index contributed by atoms with van der Waals surface area (Å²) >= 11 is 0. The average molecular weight is 486 g/mol. The SMILES string of the molecule is CC(C)c1ccc(OCC(=O)Oc2ccc3cc(C(=O)NCCc4ccccc4)c(=O)oc3c2)cc1. The highest BCUT2D eigenvalue weighted by atomic mass is 16.6. The zero-order valence-electron chi connectivity index (χ0n) is 20.2. The first kappa shape index (κ1) is 24.7. The normalized spacial score (nSPS) is 10.9. The van der Waals surface area contributed by atoms with Crippen molar-refractivity contribution in [1.82, 2.24) is 5.32 Å². The Morgan fingerprint density at radius 2 is 1.64 bits per heavy atom. The molecule has 7 heteroatoms. The molecule has 0 aliphatic heterocycles. The Morgan fingerprint density at radius 1 is 0.917 bits per heavy atom. The Morgan fingerprint density at radius 3 is 2.36 bits per heavy atom. The number of fused-ring (bicyclic) bond motifs is 1. The smallest absolute Gasteiger partial charge is 0.349 e. The van der Waals surface area contributed by atoms with E-state index >= 15 is 0 Å². The fourth-order valence-corrected chi connectivity index (χ4v) is 3.63. The second-order valence-electron chi connectivity index (χ2n) is 8.63. The van der Waals surface area contributed by atoms with Crippen molar-refractivity contribution in [3.05, 3.63) is 106 Å². The van der Waals surface area contributed by atoms with Crippen molar-refractivity contribution in [3.8, 4) is 11.5 Å². The highest BCUT2D eigenvalue weighted by Gasteiger charge is 2.15. The Kier molecular flexibility index (Phi) is 7.80. The first-order chi connectivity index (χ1) is 17.4. The van der Waals surface area contributed by atoms with Crippen LogP contribution in [-0.2, 0) is 11.2 Å². The quantitative estimate of drug-likeness (QED) is 0.206. The number of benzene rings is 3. The van der Waals surface area contributed by atoms with Gasteiger partial charge in [0, 0.05) is 18.0 Å². The van der Waals surface area contributed by atoms with Crippen LogP contribution in [-0.4, -0.2) is 25.0 Å². The third-order valence-electron chi connectivity index (χ3n) is 5.63. The van der Waals surface area contributed by atoms with Gasteiger partial charge in [0.15, 0.2) is 6.61 Å². The third-order valence-corrected chi connectivity index (χ3v) is 5.63. The average Bonchev–Trinajstić information content (AvgIpc) is 2.88. The third kappa shape index (κ3) is 6.39. The molecule has 184 valence electrons. The van der Waals surface area contributed by atoms with Crippen molar-refractivity contribution in [3.63, 3.8) is 0 Å². The summed E-state index contributed by atoms with van der Waals surface area (Å²) < 4.78 is 16.1. The largest absolute Gasteiger partial charge is 0.482 e. The maximum Gasteiger partial charge on any atom is 0.349 e. The van der Waals surface area contributed by atoms with Crippen LogP contribution in [0.3, 0.4) is 0 Å². The van der Waals surface area contributed by atoms with E-state index in [9.17, 15) is 14.4 Å². The van der Waals surface area contributed by atoms with Crippen molar-refractivity contribution in [2.75, 3.05) is 13.2 Å². The lowest BCUT2D eigenvalue weighted by atomic mass is 10.0. The molecule has 36 heavy (non-hydrogen) atoms. The predicted molar refractivity (Wildman–Crippen MR) is 137 cm³/mol. The fraction of sp³-hybridized carbons (Fsp3) is 0.207. The molecule has 0 unspecified atom stereocenters. The van der Waals surface area contributed by atoms with E-state index in [2.05, 4.69) is 19.2 Å². The van der Waals surface area contributed by atoms with Gasteiger partial charge in [0.1, 0.15) is 22.6 Å². The zero-order valence-corrected chi connectivity index (χ0v) is 20.2. The van der Waals surface area contributed by atoms with E-state index in [1.54, 1.807) is 12.1 Å². The molecule has 3 aromatic carbocycles. The van der Waals surface area contributed by atoms with E-state index in [-0.39, 0.29) is 23.5 Å². The van der Waals surface area contributed by atoms with Crippen LogP contribution in [0.25, 0.3) is 11.0 Å². The number of esters is 1. The summed E-state index contributed by atoms with van der Waals surface area (Å²) in [6.45, 7) is 4.31. The van der Waals surface area contributed by atoms with Gasteiger partial charge in [-0.25, -0.2) is 9.59 Å². The van der Waals surface area contributed by atoms with E-state index in [4.69, 9.17) is 13.9 Å². The van der Waals surface area contributed by atoms with Crippen molar-refractivity contribution >= 4 is 22.8 Å². The lowest BCUT2D eigenvalue weighted by Gasteiger charge is -2.09. The van der Waals surface area contributed by atoms with Gasteiger partial charge < -0.3 is 19.2 Å². The van der Waals surface area contributed by atoms with Crippen molar-refractivity contribution in [1.29, 1.82) is 0 Å². The summed E-state index contributed by atoms with van der Waals surface area (Å²) in [6.07, 6.45) is 0.646. The number of carbonyl (C=O) groups is 2. The van der Waals surface area contributed by atoms with Gasteiger partial charge in [-0.15, -0.1) is 0 Å². The number of hydrogen-bond donors (Lipinski definition) is 1. The van der Waals surface area contributed by atoms with Gasteiger partial charge in [-0.1, -0.05) is 56.3 Å². The minimum Gasteiger partial charge on any atom is -0.482 e. The molecule has 1 amide bonds. The molecule has 1 heterocycles. The molecule has 0 aliphatic carbocycles. The maximum atomic E-state index is 12.5. The summed E-state index contributed by atoms with van der Waals surface area (Å²) in [4.78, 5) is 37.1. The molecule has 0 radical (unpaired) electrons. The summed E-state index contributed by atoms with van der Waals surface area (Å²) in [5.41, 5.74) is 1.61. The van der Waals surface area contributed by atoms with Gasteiger partial charge in [0.25, 0.3) is 5.91 Å². The van der Waals surface area contributed by atoms with Gasteiger partial charge in [-0.2, -0.15) is 0 Å². The van der Waals surface area contributed by atoms with Crippen LogP contribution < -0.4 is 20.4 Å². The first-order valence-corrected chi connectivity index (χ1v) is 11.7. The topological polar surface area (TPSA) is 94.8 Å². The number of nitrogens with one attached hydrogen (secondary N) is 1. The molecule has 0 spiro atoms. The summed E-state index contributed by atoms with van der Waals surface area (Å²) in [7, 11) is 0. The van der Waals surface area contributed by atoms with Crippen molar-refractivity contribution in [2.24, 2.45) is 0 Å². The molecule has 7 nitrogen and oxygen atoms in total. The molecule has 1 N–H and O–H groups in total. The van der Waals surface area contributed by atoms with E-state index in [0.717, 1.165) is 5.56 Å². The highest BCUT2D eigenvalue weighted by molar-refractivity contribution is 5.96. The van der Waals surface area contributed by atoms with Crippen molar-refractivity contribution in [2.45, 2.75) is 26.2 Å². The van der Waals surface area contributed by atoms with Crippen LogP contribution in [0.15, 0.2) is 88.1 Å². The summed E-state index contributed by atoms with van der Waals surface area (Å²) in [5, 5.41) is 3.28. The second-order valence-corrected chi connectivity index (χ2v) is 8.63. The Bertz CT molecular complexity index is 1410. The van der Waals surface area contributed by atoms with Gasteiger partial charge >= 0.3 is 11.6 Å². The van der Waals surface area contributed by atoms with E-state index < -0.39 is 17.5 Å². The molecular formula is C29H27NO6. The predicted octanol–water partition coefficient (Wildman–Crippen LogP) is 4.87. The number of amides is 1. The van der Waals surface area contributed by atoms with Crippen LogP contribution in [0.2, 0.25) is 0 Å². The first-order valence-electron chi connectivity index (χ1n) is 11.7. The Labute approximate surface area is 208 Å². The lowest BCUT2D eigenvalue weighted by molar-refractivity contribution is -0.136. The van der Waals surface area contributed by atoms with E-state index in [1.807, 2.05) is 54.6 Å².